The summed E-state index contributed by atoms with van der Waals surface area (Å²) >= 11 is 6.36. The molecule has 0 aliphatic rings. The predicted molar refractivity (Wildman–Crippen MR) is 96.0 cm³/mol. The van der Waals surface area contributed by atoms with Gasteiger partial charge in [-0.1, -0.05) is 90.9 Å². The summed E-state index contributed by atoms with van der Waals surface area (Å²) < 4.78 is 0. The van der Waals surface area contributed by atoms with Crippen LogP contribution in [0.5, 0.6) is 0 Å². The fraction of sp³-hybridized carbons (Fsp3) is 1.00. The van der Waals surface area contributed by atoms with Crippen molar-refractivity contribution in [3.8, 4) is 0 Å². The molecular formula is C17H37ClS. The first-order chi connectivity index (χ1) is 8.81. The zero-order chi connectivity index (χ0) is 13.5. The lowest BCUT2D eigenvalue weighted by atomic mass is 10.0. The Hall–Kier alpha value is 0.640. The van der Waals surface area contributed by atoms with Crippen LogP contribution < -0.4 is 0 Å². The van der Waals surface area contributed by atoms with Gasteiger partial charge in [0.2, 0.25) is 0 Å². The number of rotatable bonds is 14. The lowest BCUT2D eigenvalue weighted by Gasteiger charge is -2.09. The van der Waals surface area contributed by atoms with Gasteiger partial charge in [-0.3, -0.25) is 0 Å². The van der Waals surface area contributed by atoms with Gasteiger partial charge in [0.05, 0.1) is 0 Å². The van der Waals surface area contributed by atoms with Gasteiger partial charge in [-0.05, 0) is 12.8 Å². The Morgan fingerprint density at radius 3 is 1.26 bits per heavy atom. The van der Waals surface area contributed by atoms with E-state index in [-0.39, 0.29) is 13.5 Å². The Labute approximate surface area is 134 Å². The van der Waals surface area contributed by atoms with Gasteiger partial charge < -0.3 is 0 Å². The number of alkyl halides is 1. The fourth-order valence-corrected chi connectivity index (χ4v) is 2.75. The third kappa shape index (κ3) is 18.6. The van der Waals surface area contributed by atoms with E-state index in [2.05, 4.69) is 13.8 Å². The second kappa shape index (κ2) is 18.6. The Balaban J connectivity index is 0. The van der Waals surface area contributed by atoms with Gasteiger partial charge in [0.25, 0.3) is 0 Å². The largest absolute Gasteiger partial charge is 0.197 e. The molecule has 0 aromatic rings. The molecule has 0 nitrogen and oxygen atoms in total. The summed E-state index contributed by atoms with van der Waals surface area (Å²) in [5.74, 6) is 0. The average Bonchev–Trinajstić information content (AvgIpc) is 2.38. The zero-order valence-electron chi connectivity index (χ0n) is 13.4. The van der Waals surface area contributed by atoms with Crippen molar-refractivity contribution in [2.24, 2.45) is 0 Å². The minimum absolute atomic E-state index is 0. The van der Waals surface area contributed by atoms with Crippen LogP contribution >= 0.6 is 25.1 Å². The first-order valence-electron chi connectivity index (χ1n) is 8.45. The maximum Gasteiger partial charge on any atom is 0.0336 e. The smallest absolute Gasteiger partial charge is 0.0336 e. The van der Waals surface area contributed by atoms with E-state index in [0.717, 1.165) is 0 Å². The highest BCUT2D eigenvalue weighted by molar-refractivity contribution is 7.59. The van der Waals surface area contributed by atoms with Crippen LogP contribution in [0.4, 0.5) is 0 Å². The Bertz CT molecular complexity index is 134. The van der Waals surface area contributed by atoms with Crippen LogP contribution in [-0.2, 0) is 0 Å². The van der Waals surface area contributed by atoms with Gasteiger partial charge in [0, 0.05) is 5.38 Å². The highest BCUT2D eigenvalue weighted by Crippen LogP contribution is 2.17. The monoisotopic (exact) mass is 308 g/mol. The van der Waals surface area contributed by atoms with E-state index >= 15 is 0 Å². The molecule has 0 bridgehead atoms. The summed E-state index contributed by atoms with van der Waals surface area (Å²) in [4.78, 5) is 0. The minimum Gasteiger partial charge on any atom is -0.197 e. The summed E-state index contributed by atoms with van der Waals surface area (Å²) in [5, 5.41) is 0.447. The van der Waals surface area contributed by atoms with Crippen molar-refractivity contribution in [2.75, 3.05) is 0 Å². The lowest BCUT2D eigenvalue weighted by molar-refractivity contribution is 0.539. The van der Waals surface area contributed by atoms with E-state index in [1.807, 2.05) is 0 Å². The van der Waals surface area contributed by atoms with Crippen LogP contribution in [-0.4, -0.2) is 5.38 Å². The molecule has 0 saturated carbocycles. The van der Waals surface area contributed by atoms with Crippen LogP contribution in [0.1, 0.15) is 104 Å². The average molecular weight is 309 g/mol. The molecule has 0 aromatic heterocycles. The van der Waals surface area contributed by atoms with Crippen LogP contribution in [0.15, 0.2) is 0 Å². The predicted octanol–water partition coefficient (Wildman–Crippen LogP) is 7.21. The molecule has 0 unspecified atom stereocenters. The van der Waals surface area contributed by atoms with Crippen LogP contribution in [0.25, 0.3) is 0 Å². The molecule has 0 amide bonds. The number of hydrogen-bond donors (Lipinski definition) is 0. The maximum absolute atomic E-state index is 6.36. The molecule has 0 aromatic carbocycles. The summed E-state index contributed by atoms with van der Waals surface area (Å²) in [5.41, 5.74) is 0. The topological polar surface area (TPSA) is 0 Å². The minimum atomic E-state index is 0. The summed E-state index contributed by atoms with van der Waals surface area (Å²) in [7, 11) is 0. The van der Waals surface area contributed by atoms with Gasteiger partial charge >= 0.3 is 0 Å². The van der Waals surface area contributed by atoms with E-state index in [1.165, 1.54) is 89.9 Å². The first-order valence-corrected chi connectivity index (χ1v) is 8.89. The van der Waals surface area contributed by atoms with Crippen molar-refractivity contribution in [2.45, 2.75) is 109 Å². The Kier molecular flexibility index (Phi) is 21.5. The van der Waals surface area contributed by atoms with Gasteiger partial charge in [-0.15, -0.1) is 11.6 Å². The first kappa shape index (κ1) is 21.9. The number of halogens is 1. The SMILES string of the molecule is CCCCCCCCC(Cl)CCCCCCCC.S. The van der Waals surface area contributed by atoms with Gasteiger partial charge in [0.1, 0.15) is 0 Å². The molecule has 0 rings (SSSR count). The molecule has 2 heteroatoms. The zero-order valence-corrected chi connectivity index (χ0v) is 15.1. The molecule has 0 radical (unpaired) electrons. The quantitative estimate of drug-likeness (QED) is 0.235. The summed E-state index contributed by atoms with van der Waals surface area (Å²) in [6.45, 7) is 4.55. The van der Waals surface area contributed by atoms with Gasteiger partial charge in [-0.25, -0.2) is 0 Å². The van der Waals surface area contributed by atoms with E-state index in [9.17, 15) is 0 Å². The molecule has 0 fully saturated rings. The standard InChI is InChI=1S/C17H35Cl.H2S/c1-3-5-7-9-11-13-15-17(18)16-14-12-10-8-6-4-2;/h17H,3-16H2,1-2H3;1H2. The molecule has 118 valence electrons. The third-order valence-corrected chi connectivity index (χ3v) is 4.18. The maximum atomic E-state index is 6.36. The number of unbranched alkanes of at least 4 members (excludes halogenated alkanes) is 10. The van der Waals surface area contributed by atoms with E-state index in [0.29, 0.717) is 5.38 Å². The molecule has 19 heavy (non-hydrogen) atoms. The van der Waals surface area contributed by atoms with Crippen molar-refractivity contribution in [1.29, 1.82) is 0 Å². The highest BCUT2D eigenvalue weighted by atomic mass is 35.5. The Morgan fingerprint density at radius 2 is 0.895 bits per heavy atom. The molecule has 0 spiro atoms. The molecule has 0 heterocycles. The van der Waals surface area contributed by atoms with Crippen LogP contribution in [0.2, 0.25) is 0 Å². The van der Waals surface area contributed by atoms with Crippen LogP contribution in [0, 0.1) is 0 Å². The highest BCUT2D eigenvalue weighted by Gasteiger charge is 2.03. The van der Waals surface area contributed by atoms with Crippen molar-refractivity contribution in [1.82, 2.24) is 0 Å². The Morgan fingerprint density at radius 1 is 0.579 bits per heavy atom. The lowest BCUT2D eigenvalue weighted by Crippen LogP contribution is -1.98. The molecule has 0 N–H and O–H groups in total. The molecule has 0 saturated heterocycles. The van der Waals surface area contributed by atoms with E-state index in [1.54, 1.807) is 0 Å². The summed E-state index contributed by atoms with van der Waals surface area (Å²) in [6.07, 6.45) is 19.1. The summed E-state index contributed by atoms with van der Waals surface area (Å²) in [6, 6.07) is 0. The molecular weight excluding hydrogens is 272 g/mol. The van der Waals surface area contributed by atoms with Gasteiger partial charge in [-0.2, -0.15) is 13.5 Å². The number of hydrogen-bond acceptors (Lipinski definition) is 0. The molecule has 0 atom stereocenters. The van der Waals surface area contributed by atoms with Gasteiger partial charge in [0.15, 0.2) is 0 Å². The molecule has 0 aliphatic carbocycles. The van der Waals surface area contributed by atoms with Crippen molar-refractivity contribution in [3.05, 3.63) is 0 Å². The normalized spacial score (nSPS) is 10.7. The van der Waals surface area contributed by atoms with Crippen molar-refractivity contribution < 1.29 is 0 Å². The third-order valence-electron chi connectivity index (χ3n) is 3.74. The van der Waals surface area contributed by atoms with Crippen LogP contribution in [0.3, 0.4) is 0 Å². The second-order valence-electron chi connectivity index (χ2n) is 5.71. The van der Waals surface area contributed by atoms with E-state index < -0.39 is 0 Å². The van der Waals surface area contributed by atoms with Crippen molar-refractivity contribution in [3.63, 3.8) is 0 Å². The molecule has 0 aliphatic heterocycles. The van der Waals surface area contributed by atoms with Crippen molar-refractivity contribution >= 4 is 25.1 Å². The second-order valence-corrected chi connectivity index (χ2v) is 6.33. The van der Waals surface area contributed by atoms with E-state index in [4.69, 9.17) is 11.6 Å². The fourth-order valence-electron chi connectivity index (χ4n) is 2.44.